The Bertz CT molecular complexity index is 1110. The van der Waals surface area contributed by atoms with Crippen molar-refractivity contribution in [3.8, 4) is 11.1 Å². The highest BCUT2D eigenvalue weighted by atomic mass is 19.4. The van der Waals surface area contributed by atoms with Gasteiger partial charge in [0.1, 0.15) is 0 Å². The van der Waals surface area contributed by atoms with Gasteiger partial charge in [-0.1, -0.05) is 54.6 Å². The van der Waals surface area contributed by atoms with Gasteiger partial charge in [0.25, 0.3) is 5.91 Å². The molecule has 0 atom stereocenters. The van der Waals surface area contributed by atoms with Gasteiger partial charge in [0.15, 0.2) is 0 Å². The molecule has 0 aliphatic rings. The quantitative estimate of drug-likeness (QED) is 0.446. The SMILES string of the molecule is C/C(=N\NC(=O)c1ccc(-c2ccccc2)cc1)c1cccc(NC(=O)C(F)(F)F)c1. The molecule has 2 N–H and O–H groups in total. The Hall–Kier alpha value is -3.94. The summed E-state index contributed by atoms with van der Waals surface area (Å²) in [5, 5.41) is 5.78. The van der Waals surface area contributed by atoms with Gasteiger partial charge in [-0.15, -0.1) is 0 Å². The van der Waals surface area contributed by atoms with Gasteiger partial charge in [-0.05, 0) is 47.9 Å². The summed E-state index contributed by atoms with van der Waals surface area (Å²) in [4.78, 5) is 23.4. The van der Waals surface area contributed by atoms with E-state index in [-0.39, 0.29) is 5.69 Å². The van der Waals surface area contributed by atoms with Crippen molar-refractivity contribution in [1.29, 1.82) is 0 Å². The second-order valence-electron chi connectivity index (χ2n) is 6.61. The number of halogens is 3. The fourth-order valence-corrected chi connectivity index (χ4v) is 2.73. The zero-order chi connectivity index (χ0) is 22.4. The van der Waals surface area contributed by atoms with E-state index in [9.17, 15) is 22.8 Å². The van der Waals surface area contributed by atoms with Gasteiger partial charge >= 0.3 is 12.1 Å². The Kier molecular flexibility index (Phi) is 6.49. The molecule has 0 spiro atoms. The van der Waals surface area contributed by atoms with Crippen LogP contribution in [0.4, 0.5) is 18.9 Å². The molecule has 31 heavy (non-hydrogen) atoms. The van der Waals surface area contributed by atoms with Crippen LogP contribution in [-0.4, -0.2) is 23.7 Å². The van der Waals surface area contributed by atoms with E-state index in [0.29, 0.717) is 16.8 Å². The van der Waals surface area contributed by atoms with Crippen molar-refractivity contribution in [3.05, 3.63) is 90.0 Å². The number of anilines is 1. The number of carbonyl (C=O) groups excluding carboxylic acids is 2. The monoisotopic (exact) mass is 425 g/mol. The molecule has 0 aliphatic heterocycles. The third-order valence-corrected chi connectivity index (χ3v) is 4.38. The Balaban J connectivity index is 1.67. The third-order valence-electron chi connectivity index (χ3n) is 4.38. The van der Waals surface area contributed by atoms with E-state index in [4.69, 9.17) is 0 Å². The largest absolute Gasteiger partial charge is 0.471 e. The second kappa shape index (κ2) is 9.25. The fraction of sp³-hybridized carbons (Fsp3) is 0.0870. The minimum absolute atomic E-state index is 0.0304. The van der Waals surface area contributed by atoms with Gasteiger partial charge in [0.2, 0.25) is 0 Å². The summed E-state index contributed by atoms with van der Waals surface area (Å²) in [7, 11) is 0. The van der Waals surface area contributed by atoms with Crippen molar-refractivity contribution in [2.45, 2.75) is 13.1 Å². The van der Waals surface area contributed by atoms with Crippen LogP contribution in [0.3, 0.4) is 0 Å². The number of rotatable bonds is 5. The minimum atomic E-state index is -4.98. The molecule has 0 radical (unpaired) electrons. The van der Waals surface area contributed by atoms with Crippen molar-refractivity contribution in [3.63, 3.8) is 0 Å². The van der Waals surface area contributed by atoms with E-state index in [1.807, 2.05) is 42.5 Å². The minimum Gasteiger partial charge on any atom is -0.318 e. The molecule has 5 nitrogen and oxygen atoms in total. The topological polar surface area (TPSA) is 70.6 Å². The van der Waals surface area contributed by atoms with Crippen LogP contribution in [0.5, 0.6) is 0 Å². The van der Waals surface area contributed by atoms with Gasteiger partial charge in [0, 0.05) is 11.3 Å². The maximum Gasteiger partial charge on any atom is 0.471 e. The van der Waals surface area contributed by atoms with Crippen molar-refractivity contribution in [1.82, 2.24) is 5.43 Å². The lowest BCUT2D eigenvalue weighted by Gasteiger charge is -2.09. The summed E-state index contributed by atoms with van der Waals surface area (Å²) in [5.74, 6) is -2.49. The second-order valence-corrected chi connectivity index (χ2v) is 6.61. The van der Waals surface area contributed by atoms with Gasteiger partial charge in [-0.25, -0.2) is 5.43 Å². The van der Waals surface area contributed by atoms with Crippen molar-refractivity contribution in [2.75, 3.05) is 5.32 Å². The molecule has 0 fully saturated rings. The average Bonchev–Trinajstić information content (AvgIpc) is 2.77. The highest BCUT2D eigenvalue weighted by molar-refractivity contribution is 6.02. The Morgan fingerprint density at radius 1 is 0.806 bits per heavy atom. The molecular weight excluding hydrogens is 407 g/mol. The number of nitrogens with one attached hydrogen (secondary N) is 2. The molecule has 0 unspecified atom stereocenters. The Morgan fingerprint density at radius 3 is 2.10 bits per heavy atom. The molecule has 0 aromatic heterocycles. The highest BCUT2D eigenvalue weighted by Crippen LogP contribution is 2.20. The number of hydrogen-bond donors (Lipinski definition) is 2. The summed E-state index contributed by atoms with van der Waals surface area (Å²) in [6.45, 7) is 1.59. The Labute approximate surface area is 176 Å². The van der Waals surface area contributed by atoms with Crippen LogP contribution in [0, 0.1) is 0 Å². The molecule has 0 saturated heterocycles. The highest BCUT2D eigenvalue weighted by Gasteiger charge is 2.38. The molecule has 0 aliphatic carbocycles. The van der Waals surface area contributed by atoms with Crippen LogP contribution in [0.2, 0.25) is 0 Å². The summed E-state index contributed by atoms with van der Waals surface area (Å²) in [6.07, 6.45) is -4.98. The van der Waals surface area contributed by atoms with Crippen LogP contribution in [0.1, 0.15) is 22.8 Å². The van der Waals surface area contributed by atoms with E-state index in [2.05, 4.69) is 10.5 Å². The van der Waals surface area contributed by atoms with Crippen LogP contribution in [-0.2, 0) is 4.79 Å². The lowest BCUT2D eigenvalue weighted by Crippen LogP contribution is -2.29. The molecule has 3 aromatic carbocycles. The lowest BCUT2D eigenvalue weighted by molar-refractivity contribution is -0.167. The third kappa shape index (κ3) is 5.79. The van der Waals surface area contributed by atoms with E-state index in [0.717, 1.165) is 11.1 Å². The summed E-state index contributed by atoms with van der Waals surface area (Å²) >= 11 is 0. The number of amides is 2. The number of carbonyl (C=O) groups is 2. The molecule has 0 bridgehead atoms. The van der Waals surface area contributed by atoms with E-state index >= 15 is 0 Å². The number of hydrazone groups is 1. The molecule has 158 valence electrons. The van der Waals surface area contributed by atoms with Crippen molar-refractivity contribution >= 4 is 23.2 Å². The predicted octanol–water partition coefficient (Wildman–Crippen LogP) is 5.01. The average molecular weight is 425 g/mol. The first-order valence-electron chi connectivity index (χ1n) is 9.23. The first kappa shape index (κ1) is 21.8. The van der Waals surface area contributed by atoms with E-state index < -0.39 is 18.0 Å². The zero-order valence-corrected chi connectivity index (χ0v) is 16.4. The van der Waals surface area contributed by atoms with Gasteiger partial charge in [0.05, 0.1) is 5.71 Å². The molecule has 0 saturated carbocycles. The molecular formula is C23H18F3N3O2. The zero-order valence-electron chi connectivity index (χ0n) is 16.4. The number of alkyl halides is 3. The Morgan fingerprint density at radius 2 is 1.45 bits per heavy atom. The maximum atomic E-state index is 12.4. The van der Waals surface area contributed by atoms with Gasteiger partial charge < -0.3 is 5.32 Å². The molecule has 3 rings (SSSR count). The molecule has 0 heterocycles. The van der Waals surface area contributed by atoms with Crippen LogP contribution >= 0.6 is 0 Å². The first-order chi connectivity index (χ1) is 14.7. The molecule has 3 aromatic rings. The van der Waals surface area contributed by atoms with Crippen LogP contribution in [0.25, 0.3) is 11.1 Å². The van der Waals surface area contributed by atoms with Crippen LogP contribution < -0.4 is 10.7 Å². The maximum absolute atomic E-state index is 12.4. The van der Waals surface area contributed by atoms with E-state index in [1.54, 1.807) is 30.4 Å². The van der Waals surface area contributed by atoms with Crippen LogP contribution in [0.15, 0.2) is 84.0 Å². The van der Waals surface area contributed by atoms with E-state index in [1.165, 1.54) is 18.2 Å². The predicted molar refractivity (Wildman–Crippen MR) is 113 cm³/mol. The smallest absolute Gasteiger partial charge is 0.318 e. The van der Waals surface area contributed by atoms with Crippen molar-refractivity contribution in [2.24, 2.45) is 5.10 Å². The normalized spacial score (nSPS) is 11.7. The lowest BCUT2D eigenvalue weighted by atomic mass is 10.0. The first-order valence-corrected chi connectivity index (χ1v) is 9.23. The molecule has 2 amide bonds. The fourth-order valence-electron chi connectivity index (χ4n) is 2.73. The number of benzene rings is 3. The standard InChI is InChI=1S/C23H18F3N3O2/c1-15(19-8-5-9-20(14-19)27-22(31)23(24,25)26)28-29-21(30)18-12-10-17(11-13-18)16-6-3-2-4-7-16/h2-14H,1H3,(H,27,31)(H,29,30)/b28-15+. The number of nitrogens with zero attached hydrogens (tertiary/aromatic N) is 1. The number of hydrogen-bond acceptors (Lipinski definition) is 3. The summed E-state index contributed by atoms with van der Waals surface area (Å²) in [5.41, 5.74) is 5.60. The summed E-state index contributed by atoms with van der Waals surface area (Å²) < 4.78 is 37.2. The summed E-state index contributed by atoms with van der Waals surface area (Å²) in [6, 6.07) is 22.5. The van der Waals surface area contributed by atoms with Crippen molar-refractivity contribution < 1.29 is 22.8 Å². The van der Waals surface area contributed by atoms with Gasteiger partial charge in [-0.2, -0.15) is 18.3 Å². The van der Waals surface area contributed by atoms with Gasteiger partial charge in [-0.3, -0.25) is 9.59 Å². The molecule has 8 heteroatoms.